The van der Waals surface area contributed by atoms with Crippen LogP contribution in [-0.4, -0.2) is 19.0 Å². The minimum absolute atomic E-state index is 0.0338. The van der Waals surface area contributed by atoms with Crippen LogP contribution in [0.15, 0.2) is 16.5 Å². The maximum atomic E-state index is 11.8. The van der Waals surface area contributed by atoms with Crippen LogP contribution in [0.2, 0.25) is 0 Å². The number of nitrogens with one attached hydrogen (secondary N) is 2. The fourth-order valence-corrected chi connectivity index (χ4v) is 1.57. The molecule has 0 aliphatic heterocycles. The topological polar surface area (TPSA) is 54.3 Å². The minimum atomic E-state index is -0.0831. The van der Waals surface area contributed by atoms with Crippen molar-refractivity contribution in [2.24, 2.45) is 5.92 Å². The van der Waals surface area contributed by atoms with Gasteiger partial charge in [-0.25, -0.2) is 0 Å². The molecule has 0 spiro atoms. The first-order valence-corrected chi connectivity index (χ1v) is 6.12. The highest BCUT2D eigenvalue weighted by atomic mass is 16.3. The van der Waals surface area contributed by atoms with Crippen LogP contribution in [0.4, 0.5) is 0 Å². The van der Waals surface area contributed by atoms with Gasteiger partial charge in [0.25, 0.3) is 0 Å². The Hall–Kier alpha value is -1.29. The van der Waals surface area contributed by atoms with E-state index in [4.69, 9.17) is 4.42 Å². The molecule has 1 rings (SSSR count). The zero-order valence-corrected chi connectivity index (χ0v) is 11.0. The molecule has 2 N–H and O–H groups in total. The second-order valence-electron chi connectivity index (χ2n) is 4.39. The molecule has 0 aliphatic rings. The van der Waals surface area contributed by atoms with E-state index < -0.39 is 0 Å². The van der Waals surface area contributed by atoms with Gasteiger partial charge in [-0.3, -0.25) is 4.79 Å². The largest absolute Gasteiger partial charge is 0.464 e. The monoisotopic (exact) mass is 238 g/mol. The highest BCUT2D eigenvalue weighted by Crippen LogP contribution is 2.15. The number of rotatable bonds is 6. The molecule has 4 heteroatoms. The highest BCUT2D eigenvalue weighted by Gasteiger charge is 2.17. The molecule has 0 radical (unpaired) electrons. The third-order valence-electron chi connectivity index (χ3n) is 2.69. The maximum absolute atomic E-state index is 11.8. The van der Waals surface area contributed by atoms with Crippen LogP contribution >= 0.6 is 0 Å². The zero-order valence-electron chi connectivity index (χ0n) is 11.0. The van der Waals surface area contributed by atoms with E-state index in [0.717, 1.165) is 18.1 Å². The molecule has 0 aliphatic carbocycles. The SMILES string of the molecule is CCNCC(C)C(=O)NC(C)c1ccc(C)o1. The molecular weight excluding hydrogens is 216 g/mol. The van der Waals surface area contributed by atoms with E-state index in [-0.39, 0.29) is 17.9 Å². The Labute approximate surface area is 103 Å². The van der Waals surface area contributed by atoms with E-state index in [0.29, 0.717) is 6.54 Å². The van der Waals surface area contributed by atoms with Gasteiger partial charge >= 0.3 is 0 Å². The van der Waals surface area contributed by atoms with Crippen molar-refractivity contribution in [3.05, 3.63) is 23.7 Å². The number of aryl methyl sites for hydroxylation is 1. The fraction of sp³-hybridized carbons (Fsp3) is 0.615. The Morgan fingerprint density at radius 1 is 1.41 bits per heavy atom. The van der Waals surface area contributed by atoms with Gasteiger partial charge in [-0.1, -0.05) is 13.8 Å². The minimum Gasteiger partial charge on any atom is -0.464 e. The van der Waals surface area contributed by atoms with Crippen molar-refractivity contribution in [2.75, 3.05) is 13.1 Å². The summed E-state index contributed by atoms with van der Waals surface area (Å²) >= 11 is 0. The molecule has 1 amide bonds. The van der Waals surface area contributed by atoms with Crippen molar-refractivity contribution in [1.29, 1.82) is 0 Å². The van der Waals surface area contributed by atoms with Gasteiger partial charge in [0, 0.05) is 12.5 Å². The first-order valence-electron chi connectivity index (χ1n) is 6.12. The Balaban J connectivity index is 2.45. The van der Waals surface area contributed by atoms with Gasteiger partial charge in [-0.15, -0.1) is 0 Å². The molecule has 96 valence electrons. The predicted molar refractivity (Wildman–Crippen MR) is 67.7 cm³/mol. The van der Waals surface area contributed by atoms with Gasteiger partial charge in [0.05, 0.1) is 6.04 Å². The van der Waals surface area contributed by atoms with Gasteiger partial charge in [-0.05, 0) is 32.5 Å². The van der Waals surface area contributed by atoms with Crippen LogP contribution in [-0.2, 0) is 4.79 Å². The molecule has 0 saturated heterocycles. The van der Waals surface area contributed by atoms with Crippen LogP contribution in [0.5, 0.6) is 0 Å². The smallest absolute Gasteiger partial charge is 0.224 e. The lowest BCUT2D eigenvalue weighted by atomic mass is 10.1. The van der Waals surface area contributed by atoms with Crippen molar-refractivity contribution >= 4 is 5.91 Å². The van der Waals surface area contributed by atoms with E-state index in [9.17, 15) is 4.79 Å². The summed E-state index contributed by atoms with van der Waals surface area (Å²) in [5.41, 5.74) is 0. The summed E-state index contributed by atoms with van der Waals surface area (Å²) in [5, 5.41) is 6.11. The molecule has 0 bridgehead atoms. The summed E-state index contributed by atoms with van der Waals surface area (Å²) < 4.78 is 5.48. The molecule has 0 aromatic carbocycles. The second kappa shape index (κ2) is 6.45. The molecule has 1 aromatic heterocycles. The van der Waals surface area contributed by atoms with Gasteiger partial charge in [0.2, 0.25) is 5.91 Å². The third kappa shape index (κ3) is 4.23. The summed E-state index contributed by atoms with van der Waals surface area (Å²) in [5.74, 6) is 1.68. The Kier molecular flexibility index (Phi) is 5.22. The molecule has 1 aromatic rings. The second-order valence-corrected chi connectivity index (χ2v) is 4.39. The summed E-state index contributed by atoms with van der Waals surface area (Å²) in [6.45, 7) is 9.34. The predicted octanol–water partition coefficient (Wildman–Crippen LogP) is 2.01. The number of hydrogen-bond acceptors (Lipinski definition) is 3. The van der Waals surface area contributed by atoms with Crippen LogP contribution < -0.4 is 10.6 Å². The van der Waals surface area contributed by atoms with Gasteiger partial charge in [0.1, 0.15) is 11.5 Å². The fourth-order valence-electron chi connectivity index (χ4n) is 1.57. The number of amides is 1. The zero-order chi connectivity index (χ0) is 12.8. The number of carbonyl (C=O) groups is 1. The van der Waals surface area contributed by atoms with Crippen molar-refractivity contribution in [3.8, 4) is 0 Å². The third-order valence-corrected chi connectivity index (χ3v) is 2.69. The van der Waals surface area contributed by atoms with E-state index in [2.05, 4.69) is 10.6 Å². The quantitative estimate of drug-likeness (QED) is 0.797. The molecular formula is C13H22N2O2. The van der Waals surface area contributed by atoms with Crippen LogP contribution in [0.25, 0.3) is 0 Å². The van der Waals surface area contributed by atoms with Gasteiger partial charge in [0.15, 0.2) is 0 Å². The summed E-state index contributed by atoms with van der Waals surface area (Å²) in [6.07, 6.45) is 0. The lowest BCUT2D eigenvalue weighted by molar-refractivity contribution is -0.125. The van der Waals surface area contributed by atoms with Crippen LogP contribution in [0, 0.1) is 12.8 Å². The van der Waals surface area contributed by atoms with Crippen molar-refractivity contribution in [1.82, 2.24) is 10.6 Å². The molecule has 4 nitrogen and oxygen atoms in total. The molecule has 2 unspecified atom stereocenters. The number of hydrogen-bond donors (Lipinski definition) is 2. The lowest BCUT2D eigenvalue weighted by Gasteiger charge is -2.16. The van der Waals surface area contributed by atoms with Crippen LogP contribution in [0.3, 0.4) is 0 Å². The molecule has 0 fully saturated rings. The number of carbonyl (C=O) groups excluding carboxylic acids is 1. The Bertz CT molecular complexity index is 360. The Morgan fingerprint density at radius 3 is 2.65 bits per heavy atom. The molecule has 2 atom stereocenters. The van der Waals surface area contributed by atoms with Crippen molar-refractivity contribution < 1.29 is 9.21 Å². The first kappa shape index (κ1) is 13.8. The summed E-state index contributed by atoms with van der Waals surface area (Å²) in [7, 11) is 0. The highest BCUT2D eigenvalue weighted by molar-refractivity contribution is 5.78. The van der Waals surface area contributed by atoms with Crippen molar-refractivity contribution in [2.45, 2.75) is 33.7 Å². The van der Waals surface area contributed by atoms with Crippen molar-refractivity contribution in [3.63, 3.8) is 0 Å². The average Bonchev–Trinajstić information content (AvgIpc) is 2.72. The normalized spacial score (nSPS) is 14.4. The Morgan fingerprint density at radius 2 is 2.12 bits per heavy atom. The first-order chi connectivity index (χ1) is 8.04. The van der Waals surface area contributed by atoms with E-state index >= 15 is 0 Å². The van der Waals surface area contributed by atoms with E-state index in [1.807, 2.05) is 39.8 Å². The summed E-state index contributed by atoms with van der Waals surface area (Å²) in [4.78, 5) is 11.8. The molecule has 0 saturated carbocycles. The standard InChI is InChI=1S/C13H22N2O2/c1-5-14-8-9(2)13(16)15-11(4)12-7-6-10(3)17-12/h6-7,9,11,14H,5,8H2,1-4H3,(H,15,16). The maximum Gasteiger partial charge on any atom is 0.224 e. The molecule has 17 heavy (non-hydrogen) atoms. The molecule has 1 heterocycles. The summed E-state index contributed by atoms with van der Waals surface area (Å²) in [6, 6.07) is 3.72. The van der Waals surface area contributed by atoms with Crippen LogP contribution in [0.1, 0.15) is 38.3 Å². The van der Waals surface area contributed by atoms with E-state index in [1.165, 1.54) is 0 Å². The van der Waals surface area contributed by atoms with E-state index in [1.54, 1.807) is 0 Å². The van der Waals surface area contributed by atoms with Gasteiger partial charge in [-0.2, -0.15) is 0 Å². The lowest BCUT2D eigenvalue weighted by Crippen LogP contribution is -2.36. The number of furan rings is 1. The van der Waals surface area contributed by atoms with Gasteiger partial charge < -0.3 is 15.1 Å². The average molecular weight is 238 g/mol.